The van der Waals surface area contributed by atoms with E-state index in [1.807, 2.05) is 0 Å². The van der Waals surface area contributed by atoms with Gasteiger partial charge in [-0.1, -0.05) is 20.3 Å². The first-order valence-electron chi connectivity index (χ1n) is 5.74. The molecule has 0 aromatic carbocycles. The summed E-state index contributed by atoms with van der Waals surface area (Å²) in [4.78, 5) is 13.6. The Labute approximate surface area is 85.8 Å². The van der Waals surface area contributed by atoms with Crippen LogP contribution in [0.15, 0.2) is 0 Å². The summed E-state index contributed by atoms with van der Waals surface area (Å²) in [6.45, 7) is 6.19. The molecule has 80 valence electrons. The normalized spacial score (nSPS) is 25.1. The molecule has 3 heteroatoms. The van der Waals surface area contributed by atoms with Crippen molar-refractivity contribution in [2.24, 2.45) is 11.8 Å². The molecule has 3 nitrogen and oxygen atoms in total. The van der Waals surface area contributed by atoms with E-state index in [0.29, 0.717) is 12.0 Å². The van der Waals surface area contributed by atoms with E-state index >= 15 is 0 Å². The zero-order valence-corrected chi connectivity index (χ0v) is 9.12. The first-order valence-corrected chi connectivity index (χ1v) is 5.74. The van der Waals surface area contributed by atoms with Gasteiger partial charge < -0.3 is 10.2 Å². The first kappa shape index (κ1) is 9.81. The minimum atomic E-state index is 0.149. The van der Waals surface area contributed by atoms with Crippen molar-refractivity contribution in [3.63, 3.8) is 0 Å². The van der Waals surface area contributed by atoms with Crippen LogP contribution in [0.25, 0.3) is 0 Å². The third kappa shape index (κ3) is 1.60. The highest BCUT2D eigenvalue weighted by atomic mass is 16.2. The lowest BCUT2D eigenvalue weighted by Crippen LogP contribution is -2.47. The van der Waals surface area contributed by atoms with E-state index in [4.69, 9.17) is 0 Å². The highest BCUT2D eigenvalue weighted by Crippen LogP contribution is 2.36. The molecule has 1 N–H and O–H groups in total. The minimum absolute atomic E-state index is 0.149. The topological polar surface area (TPSA) is 32.3 Å². The van der Waals surface area contributed by atoms with Crippen molar-refractivity contribution in [1.29, 1.82) is 0 Å². The Morgan fingerprint density at radius 2 is 2.14 bits per heavy atom. The molecule has 0 radical (unpaired) electrons. The van der Waals surface area contributed by atoms with Crippen LogP contribution >= 0.6 is 0 Å². The van der Waals surface area contributed by atoms with Gasteiger partial charge in [-0.2, -0.15) is 0 Å². The summed E-state index contributed by atoms with van der Waals surface area (Å²) in [5, 5.41) is 2.89. The monoisotopic (exact) mass is 196 g/mol. The lowest BCUT2D eigenvalue weighted by molar-refractivity contribution is 0.0991. The lowest BCUT2D eigenvalue weighted by Gasteiger charge is -2.41. The molecule has 1 heterocycles. The smallest absolute Gasteiger partial charge is 0.317 e. The SMILES string of the molecule is CC(C)C(C1CCC1)N1CCNC1=O. The molecule has 0 bridgehead atoms. The Balaban J connectivity index is 2.05. The van der Waals surface area contributed by atoms with E-state index in [1.54, 1.807) is 0 Å². The van der Waals surface area contributed by atoms with Crippen molar-refractivity contribution in [2.75, 3.05) is 13.1 Å². The molecule has 1 aliphatic heterocycles. The molecule has 1 saturated carbocycles. The highest BCUT2D eigenvalue weighted by Gasteiger charge is 2.37. The van der Waals surface area contributed by atoms with Crippen LogP contribution in [0.4, 0.5) is 4.79 Å². The van der Waals surface area contributed by atoms with Crippen LogP contribution in [-0.4, -0.2) is 30.1 Å². The Morgan fingerprint density at radius 1 is 1.43 bits per heavy atom. The van der Waals surface area contributed by atoms with Gasteiger partial charge in [0.2, 0.25) is 0 Å². The molecule has 0 aromatic heterocycles. The maximum atomic E-state index is 11.6. The van der Waals surface area contributed by atoms with Gasteiger partial charge in [-0.15, -0.1) is 0 Å². The van der Waals surface area contributed by atoms with Crippen LogP contribution in [0.1, 0.15) is 33.1 Å². The fraction of sp³-hybridized carbons (Fsp3) is 0.909. The maximum Gasteiger partial charge on any atom is 0.317 e. The van der Waals surface area contributed by atoms with Crippen LogP contribution in [0.5, 0.6) is 0 Å². The van der Waals surface area contributed by atoms with Crippen molar-refractivity contribution < 1.29 is 4.79 Å². The second kappa shape index (κ2) is 3.79. The predicted octanol–water partition coefficient (Wildman–Crippen LogP) is 1.84. The van der Waals surface area contributed by atoms with E-state index in [1.165, 1.54) is 19.3 Å². The number of nitrogens with zero attached hydrogens (tertiary/aromatic N) is 1. The second-order valence-corrected chi connectivity index (χ2v) is 4.85. The molecule has 2 amide bonds. The Kier molecular flexibility index (Phi) is 2.66. The molecule has 0 aromatic rings. The molecule has 2 aliphatic rings. The number of carbonyl (C=O) groups excluding carboxylic acids is 1. The van der Waals surface area contributed by atoms with Gasteiger partial charge in [0.25, 0.3) is 0 Å². The number of hydrogen-bond donors (Lipinski definition) is 1. The minimum Gasteiger partial charge on any atom is -0.336 e. The van der Waals surface area contributed by atoms with Crippen LogP contribution in [-0.2, 0) is 0 Å². The van der Waals surface area contributed by atoms with E-state index in [2.05, 4.69) is 24.1 Å². The number of nitrogens with one attached hydrogen (secondary N) is 1. The van der Waals surface area contributed by atoms with Crippen LogP contribution in [0, 0.1) is 11.8 Å². The third-order valence-electron chi connectivity index (χ3n) is 3.57. The fourth-order valence-electron chi connectivity index (χ4n) is 2.71. The van der Waals surface area contributed by atoms with Gasteiger partial charge in [0.15, 0.2) is 0 Å². The van der Waals surface area contributed by atoms with E-state index in [9.17, 15) is 4.79 Å². The average Bonchev–Trinajstić information content (AvgIpc) is 2.42. The van der Waals surface area contributed by atoms with E-state index in [-0.39, 0.29) is 6.03 Å². The van der Waals surface area contributed by atoms with Gasteiger partial charge in [-0.05, 0) is 24.7 Å². The van der Waals surface area contributed by atoms with Gasteiger partial charge in [-0.3, -0.25) is 0 Å². The predicted molar refractivity (Wildman–Crippen MR) is 56.1 cm³/mol. The third-order valence-corrected chi connectivity index (χ3v) is 3.57. The summed E-state index contributed by atoms with van der Waals surface area (Å²) in [6, 6.07) is 0.627. The van der Waals surface area contributed by atoms with E-state index in [0.717, 1.165) is 19.0 Å². The summed E-state index contributed by atoms with van der Waals surface area (Å²) in [7, 11) is 0. The number of urea groups is 1. The van der Waals surface area contributed by atoms with E-state index < -0.39 is 0 Å². The second-order valence-electron chi connectivity index (χ2n) is 4.85. The molecule has 1 saturated heterocycles. The van der Waals surface area contributed by atoms with Crippen molar-refractivity contribution >= 4 is 6.03 Å². The van der Waals surface area contributed by atoms with Gasteiger partial charge in [0.1, 0.15) is 0 Å². The molecule has 2 rings (SSSR count). The molecule has 0 spiro atoms. The molecule has 1 unspecified atom stereocenters. The lowest BCUT2D eigenvalue weighted by atomic mass is 9.75. The van der Waals surface area contributed by atoms with Crippen LogP contribution in [0.2, 0.25) is 0 Å². The fourth-order valence-corrected chi connectivity index (χ4v) is 2.71. The Bertz CT molecular complexity index is 223. The van der Waals surface area contributed by atoms with Crippen LogP contribution in [0.3, 0.4) is 0 Å². The van der Waals surface area contributed by atoms with Gasteiger partial charge in [-0.25, -0.2) is 4.79 Å². The van der Waals surface area contributed by atoms with Gasteiger partial charge in [0, 0.05) is 19.1 Å². The number of carbonyl (C=O) groups is 1. The van der Waals surface area contributed by atoms with Gasteiger partial charge in [0.05, 0.1) is 0 Å². The maximum absolute atomic E-state index is 11.6. The molecular weight excluding hydrogens is 176 g/mol. The molecule has 1 aliphatic carbocycles. The number of rotatable bonds is 3. The largest absolute Gasteiger partial charge is 0.336 e. The Morgan fingerprint density at radius 3 is 2.50 bits per heavy atom. The highest BCUT2D eigenvalue weighted by molar-refractivity contribution is 5.76. The zero-order valence-electron chi connectivity index (χ0n) is 9.12. The summed E-state index contributed by atoms with van der Waals surface area (Å²) < 4.78 is 0. The summed E-state index contributed by atoms with van der Waals surface area (Å²) in [6.07, 6.45) is 3.97. The summed E-state index contributed by atoms with van der Waals surface area (Å²) in [5.74, 6) is 1.35. The average molecular weight is 196 g/mol. The summed E-state index contributed by atoms with van der Waals surface area (Å²) in [5.41, 5.74) is 0. The number of hydrogen-bond acceptors (Lipinski definition) is 1. The quantitative estimate of drug-likeness (QED) is 0.734. The Hall–Kier alpha value is -0.730. The molecule has 2 fully saturated rings. The first-order chi connectivity index (χ1) is 6.70. The van der Waals surface area contributed by atoms with Crippen molar-refractivity contribution in [3.8, 4) is 0 Å². The van der Waals surface area contributed by atoms with Gasteiger partial charge >= 0.3 is 6.03 Å². The van der Waals surface area contributed by atoms with Crippen molar-refractivity contribution in [3.05, 3.63) is 0 Å². The zero-order chi connectivity index (χ0) is 10.1. The van der Waals surface area contributed by atoms with Crippen molar-refractivity contribution in [1.82, 2.24) is 10.2 Å². The number of amides is 2. The molecule has 14 heavy (non-hydrogen) atoms. The standard InChI is InChI=1S/C11H20N2O/c1-8(2)10(9-4-3-5-9)13-7-6-12-11(13)14/h8-10H,3-7H2,1-2H3,(H,12,14). The molecular formula is C11H20N2O. The summed E-state index contributed by atoms with van der Waals surface area (Å²) >= 11 is 0. The van der Waals surface area contributed by atoms with Crippen molar-refractivity contribution in [2.45, 2.75) is 39.2 Å². The van der Waals surface area contributed by atoms with Crippen LogP contribution < -0.4 is 5.32 Å². The molecule has 1 atom stereocenters.